The van der Waals surface area contributed by atoms with Gasteiger partial charge in [-0.05, 0) is 36.1 Å². The minimum atomic E-state index is 0.0363. The first-order valence-electron chi connectivity index (χ1n) is 7.50. The maximum absolute atomic E-state index is 12.1. The number of anilines is 1. The third-order valence-electron chi connectivity index (χ3n) is 4.52. The monoisotopic (exact) mass is 283 g/mol. The first-order valence-corrected chi connectivity index (χ1v) is 7.50. The highest BCUT2D eigenvalue weighted by Crippen LogP contribution is 2.44. The van der Waals surface area contributed by atoms with Gasteiger partial charge in [0.05, 0.1) is 12.1 Å². The number of amides is 2. The number of fused-ring (bicyclic) bond motifs is 2. The molecule has 2 heterocycles. The van der Waals surface area contributed by atoms with Crippen LogP contribution >= 0.6 is 0 Å². The van der Waals surface area contributed by atoms with Gasteiger partial charge in [-0.2, -0.15) is 5.10 Å². The van der Waals surface area contributed by atoms with E-state index in [2.05, 4.69) is 23.5 Å². The quantitative estimate of drug-likeness (QED) is 0.912. The molecule has 0 bridgehead atoms. The predicted molar refractivity (Wildman–Crippen MR) is 79.1 cm³/mol. The molecule has 2 unspecified atom stereocenters. The summed E-state index contributed by atoms with van der Waals surface area (Å²) in [4.78, 5) is 25.4. The van der Waals surface area contributed by atoms with Gasteiger partial charge in [-0.25, -0.2) is 5.43 Å². The molecule has 1 aliphatic carbocycles. The zero-order chi connectivity index (χ0) is 14.6. The van der Waals surface area contributed by atoms with Gasteiger partial charge in [-0.15, -0.1) is 0 Å². The van der Waals surface area contributed by atoms with Crippen LogP contribution in [0.3, 0.4) is 0 Å². The van der Waals surface area contributed by atoms with Gasteiger partial charge in [-0.1, -0.05) is 13.0 Å². The fourth-order valence-electron chi connectivity index (χ4n) is 3.36. The molecule has 2 aliphatic heterocycles. The molecule has 1 saturated carbocycles. The second kappa shape index (κ2) is 4.41. The lowest BCUT2D eigenvalue weighted by Crippen LogP contribution is -2.28. The normalized spacial score (nSPS) is 26.1. The molecule has 3 aliphatic rings. The Morgan fingerprint density at radius 3 is 3.00 bits per heavy atom. The molecule has 5 nitrogen and oxygen atoms in total. The van der Waals surface area contributed by atoms with E-state index in [4.69, 9.17) is 0 Å². The van der Waals surface area contributed by atoms with Gasteiger partial charge in [0.2, 0.25) is 11.8 Å². The maximum atomic E-state index is 12.1. The number of carbonyl (C=O) groups is 2. The first kappa shape index (κ1) is 12.6. The summed E-state index contributed by atoms with van der Waals surface area (Å²) in [5.74, 6) is 0.575. The number of hydrogen-bond acceptors (Lipinski definition) is 3. The molecule has 2 amide bonds. The standard InChI is InChI=1S/C16H17N3O2/c1-2-5-19-13-4-3-9(6-10(13)7-14(19)20)15-11-8-12(11)16(21)18-17-15/h3-4,6,11-12H,2,5,7-8H2,1H3,(H,18,21). The first-order chi connectivity index (χ1) is 10.2. The second-order valence-corrected chi connectivity index (χ2v) is 5.99. The van der Waals surface area contributed by atoms with Crippen LogP contribution in [0.15, 0.2) is 23.3 Å². The molecular weight excluding hydrogens is 266 g/mol. The van der Waals surface area contributed by atoms with Crippen LogP contribution in [0.2, 0.25) is 0 Å². The van der Waals surface area contributed by atoms with Crippen LogP contribution < -0.4 is 10.3 Å². The lowest BCUT2D eigenvalue weighted by atomic mass is 10.0. The van der Waals surface area contributed by atoms with Gasteiger partial charge in [0, 0.05) is 24.1 Å². The highest BCUT2D eigenvalue weighted by atomic mass is 16.2. The summed E-state index contributed by atoms with van der Waals surface area (Å²) >= 11 is 0. The lowest BCUT2D eigenvalue weighted by Gasteiger charge is -2.17. The van der Waals surface area contributed by atoms with Crippen LogP contribution in [0, 0.1) is 11.8 Å². The minimum Gasteiger partial charge on any atom is -0.312 e. The van der Waals surface area contributed by atoms with E-state index in [1.54, 1.807) is 0 Å². The summed E-state index contributed by atoms with van der Waals surface area (Å²) in [6.45, 7) is 2.85. The molecular formula is C16H17N3O2. The minimum absolute atomic E-state index is 0.0363. The van der Waals surface area contributed by atoms with E-state index >= 15 is 0 Å². The van der Waals surface area contributed by atoms with Gasteiger partial charge in [0.1, 0.15) is 0 Å². The fraction of sp³-hybridized carbons (Fsp3) is 0.438. The van der Waals surface area contributed by atoms with E-state index in [1.807, 2.05) is 17.0 Å². The van der Waals surface area contributed by atoms with Gasteiger partial charge in [-0.3, -0.25) is 9.59 Å². The van der Waals surface area contributed by atoms with Crippen molar-refractivity contribution in [2.75, 3.05) is 11.4 Å². The van der Waals surface area contributed by atoms with Crippen molar-refractivity contribution in [2.24, 2.45) is 16.9 Å². The Hall–Kier alpha value is -2.17. The highest BCUT2D eigenvalue weighted by Gasteiger charge is 2.49. The van der Waals surface area contributed by atoms with E-state index in [0.717, 1.165) is 41.9 Å². The molecule has 1 aromatic carbocycles. The zero-order valence-electron chi connectivity index (χ0n) is 11.9. The van der Waals surface area contributed by atoms with Crippen molar-refractivity contribution in [1.82, 2.24) is 5.43 Å². The van der Waals surface area contributed by atoms with E-state index in [-0.39, 0.29) is 23.7 Å². The largest absolute Gasteiger partial charge is 0.312 e. The Balaban J connectivity index is 1.67. The van der Waals surface area contributed by atoms with Gasteiger partial charge >= 0.3 is 0 Å². The topological polar surface area (TPSA) is 61.8 Å². The number of hydrogen-bond donors (Lipinski definition) is 1. The van der Waals surface area contributed by atoms with Crippen molar-refractivity contribution in [3.05, 3.63) is 29.3 Å². The molecule has 0 radical (unpaired) electrons. The van der Waals surface area contributed by atoms with Crippen LogP contribution in [0.1, 0.15) is 30.9 Å². The fourth-order valence-corrected chi connectivity index (χ4v) is 3.36. The summed E-state index contributed by atoms with van der Waals surface area (Å²) in [7, 11) is 0. The SMILES string of the molecule is CCCN1C(=O)Cc2cc(C3=NNC(=O)C4CC34)ccc21. The second-order valence-electron chi connectivity index (χ2n) is 5.99. The smallest absolute Gasteiger partial charge is 0.243 e. The van der Waals surface area contributed by atoms with Crippen LogP contribution in [-0.2, 0) is 16.0 Å². The molecule has 2 atom stereocenters. The van der Waals surface area contributed by atoms with Crippen molar-refractivity contribution >= 4 is 23.2 Å². The van der Waals surface area contributed by atoms with Crippen molar-refractivity contribution < 1.29 is 9.59 Å². The number of rotatable bonds is 3. The van der Waals surface area contributed by atoms with E-state index in [1.165, 1.54) is 0 Å². The maximum Gasteiger partial charge on any atom is 0.243 e. The summed E-state index contributed by atoms with van der Waals surface area (Å²) in [6.07, 6.45) is 2.31. The Morgan fingerprint density at radius 2 is 2.19 bits per heavy atom. The van der Waals surface area contributed by atoms with Crippen LogP contribution in [0.25, 0.3) is 0 Å². The summed E-state index contributed by atoms with van der Waals surface area (Å²) in [6, 6.07) is 6.10. The molecule has 4 rings (SSSR count). The van der Waals surface area contributed by atoms with Crippen LogP contribution in [0.5, 0.6) is 0 Å². The third-order valence-corrected chi connectivity index (χ3v) is 4.52. The zero-order valence-corrected chi connectivity index (χ0v) is 11.9. The van der Waals surface area contributed by atoms with Gasteiger partial charge in [0.15, 0.2) is 0 Å². The highest BCUT2D eigenvalue weighted by molar-refractivity contribution is 6.10. The molecule has 1 aromatic rings. The molecule has 108 valence electrons. The Kier molecular flexibility index (Phi) is 2.64. The average Bonchev–Trinajstić information content (AvgIpc) is 3.21. The Labute approximate surface area is 123 Å². The number of nitrogens with zero attached hydrogens (tertiary/aromatic N) is 2. The van der Waals surface area contributed by atoms with E-state index in [0.29, 0.717) is 6.42 Å². The van der Waals surface area contributed by atoms with Gasteiger partial charge < -0.3 is 4.90 Å². The van der Waals surface area contributed by atoms with Crippen molar-refractivity contribution in [3.8, 4) is 0 Å². The molecule has 21 heavy (non-hydrogen) atoms. The van der Waals surface area contributed by atoms with Crippen molar-refractivity contribution in [3.63, 3.8) is 0 Å². The van der Waals surface area contributed by atoms with Gasteiger partial charge in [0.25, 0.3) is 0 Å². The molecule has 1 fully saturated rings. The van der Waals surface area contributed by atoms with Crippen LogP contribution in [0.4, 0.5) is 5.69 Å². The van der Waals surface area contributed by atoms with Crippen molar-refractivity contribution in [1.29, 1.82) is 0 Å². The third kappa shape index (κ3) is 1.87. The molecule has 5 heteroatoms. The molecule has 0 aromatic heterocycles. The Bertz CT molecular complexity index is 680. The van der Waals surface area contributed by atoms with E-state index in [9.17, 15) is 9.59 Å². The lowest BCUT2D eigenvalue weighted by molar-refractivity contribution is -0.122. The predicted octanol–water partition coefficient (Wildman–Crippen LogP) is 1.46. The molecule has 0 saturated heterocycles. The van der Waals surface area contributed by atoms with Crippen LogP contribution in [-0.4, -0.2) is 24.1 Å². The number of benzene rings is 1. The average molecular weight is 283 g/mol. The van der Waals surface area contributed by atoms with Crippen molar-refractivity contribution in [2.45, 2.75) is 26.2 Å². The molecule has 0 spiro atoms. The summed E-state index contributed by atoms with van der Waals surface area (Å²) < 4.78 is 0. The number of carbonyl (C=O) groups excluding carboxylic acids is 2. The Morgan fingerprint density at radius 1 is 1.33 bits per heavy atom. The van der Waals surface area contributed by atoms with E-state index < -0.39 is 0 Å². The number of hydrazone groups is 1. The molecule has 1 N–H and O–H groups in total. The summed E-state index contributed by atoms with van der Waals surface area (Å²) in [5.41, 5.74) is 6.69. The summed E-state index contributed by atoms with van der Waals surface area (Å²) in [5, 5.41) is 4.22. The number of nitrogens with one attached hydrogen (secondary N) is 1.